The van der Waals surface area contributed by atoms with Crippen LogP contribution in [0.4, 0.5) is 16.4 Å². The van der Waals surface area contributed by atoms with E-state index in [1.54, 1.807) is 72.8 Å². The van der Waals surface area contributed by atoms with Crippen LogP contribution in [0.15, 0.2) is 176 Å². The third-order valence-corrected chi connectivity index (χ3v) is 23.7. The standard InChI is InChI=1S/C87H99N14O17PS/c1-55(2)101(56(3)4)119(114-44-18-41-89)118-70-48-75(99-53-92-77-79(90-52-91-80(77)99)95-82(104)58-29-26-57(27-30-58)28-39-76(103)109-45-46-120-8)115-71(70)50-112-86(110-43-17-40-88)117-69-47-74(116-72(69)51-113-87(59-19-10-9-11-20-59,60-31-35-62(107-6)36-32-60)61-33-37-63(108-7)38-34-61)100-54-93-78-81(100)96-84(97-83(78)105)94-73(102)25-16-42-98(5)85(106)111-49-68-66-23-14-12-21-64(66)65-22-13-15-24-67(65)68/h9-15,19-24,26-27,29-38,52-56,68-72,74-75,83,86,105H,16-18,25,28,39,42-51H2,1-8H3,(H,90,91,95,104)(H2,94,96,97,102). The van der Waals surface area contributed by atoms with Gasteiger partial charge in [0.25, 0.3) is 20.9 Å². The monoisotopic (exact) mass is 1670 g/mol. The van der Waals surface area contributed by atoms with E-state index >= 15 is 0 Å². The molecule has 1 aliphatic carbocycles. The highest BCUT2D eigenvalue weighted by Gasteiger charge is 2.47. The molecule has 0 radical (unpaired) electrons. The molecular formula is C87H99N14O17PS. The first-order valence-electron chi connectivity index (χ1n) is 39.9. The van der Waals surface area contributed by atoms with Crippen LogP contribution in [-0.4, -0.2) is 196 Å². The fourth-order valence-electron chi connectivity index (χ4n) is 15.1. The number of aliphatic imine (C=N–C) groups is 1. The van der Waals surface area contributed by atoms with Gasteiger partial charge in [0.2, 0.25) is 11.9 Å². The Bertz CT molecular complexity index is 4970. The van der Waals surface area contributed by atoms with Crippen LogP contribution in [0.25, 0.3) is 22.3 Å². The highest BCUT2D eigenvalue weighted by atomic mass is 32.2. The number of aliphatic hydroxyl groups is 1. The maximum absolute atomic E-state index is 13.9. The molecule has 2 saturated heterocycles. The topological polar surface area (TPSA) is 363 Å². The normalized spacial score (nSPS) is 18.6. The summed E-state index contributed by atoms with van der Waals surface area (Å²) >= 11 is 1.59. The van der Waals surface area contributed by atoms with Gasteiger partial charge in [-0.1, -0.05) is 115 Å². The van der Waals surface area contributed by atoms with Gasteiger partial charge in [0.05, 0.1) is 90.5 Å². The molecule has 6 heterocycles. The molecule has 13 rings (SSSR count). The minimum absolute atomic E-state index is 0.0236. The second kappa shape index (κ2) is 41.4. The van der Waals surface area contributed by atoms with E-state index in [2.05, 4.69) is 72.0 Å². The smallest absolute Gasteiger partial charge is 0.409 e. The van der Waals surface area contributed by atoms with E-state index in [0.717, 1.165) is 44.5 Å². The van der Waals surface area contributed by atoms with Crippen LogP contribution >= 0.6 is 20.3 Å². The number of nitriles is 2. The Morgan fingerprint density at radius 3 is 1.98 bits per heavy atom. The lowest BCUT2D eigenvalue weighted by Crippen LogP contribution is -2.44. The zero-order chi connectivity index (χ0) is 84.2. The van der Waals surface area contributed by atoms with Crippen LogP contribution in [0, 0.1) is 22.7 Å². The van der Waals surface area contributed by atoms with Crippen molar-refractivity contribution in [3.63, 3.8) is 0 Å². The number of aliphatic hydroxyl groups excluding tert-OH is 1. The zero-order valence-corrected chi connectivity index (χ0v) is 69.8. The van der Waals surface area contributed by atoms with Crippen molar-refractivity contribution >= 4 is 72.9 Å². The average molecular weight is 1680 g/mol. The van der Waals surface area contributed by atoms with Gasteiger partial charge in [0.15, 0.2) is 29.0 Å². The van der Waals surface area contributed by atoms with Crippen molar-refractivity contribution in [1.82, 2.24) is 49.3 Å². The third kappa shape index (κ3) is 20.8. The van der Waals surface area contributed by atoms with Gasteiger partial charge in [-0.2, -0.15) is 27.3 Å². The molecule has 9 unspecified atom stereocenters. The quantitative estimate of drug-likeness (QED) is 0.00911. The van der Waals surface area contributed by atoms with Gasteiger partial charge in [-0.25, -0.2) is 29.4 Å². The van der Waals surface area contributed by atoms with Crippen LogP contribution in [0.5, 0.6) is 11.5 Å². The highest BCUT2D eigenvalue weighted by molar-refractivity contribution is 7.98. The first kappa shape index (κ1) is 87.0. The molecule has 6 aromatic carbocycles. The first-order valence-corrected chi connectivity index (χ1v) is 42.4. The van der Waals surface area contributed by atoms with Crippen LogP contribution < -0.4 is 25.4 Å². The molecule has 120 heavy (non-hydrogen) atoms. The number of rotatable bonds is 40. The number of thioether (sulfide) groups is 1. The number of nitrogens with one attached hydrogen (secondary N) is 3. The summed E-state index contributed by atoms with van der Waals surface area (Å²) in [5, 5.41) is 40.0. The second-order valence-electron chi connectivity index (χ2n) is 29.5. The summed E-state index contributed by atoms with van der Waals surface area (Å²) in [5.74, 6) is 0.856. The highest BCUT2D eigenvalue weighted by Crippen LogP contribution is 2.52. The Morgan fingerprint density at radius 2 is 1.32 bits per heavy atom. The molecule has 0 saturated carbocycles. The zero-order valence-electron chi connectivity index (χ0n) is 68.1. The van der Waals surface area contributed by atoms with Crippen molar-refractivity contribution in [2.24, 2.45) is 4.99 Å². The van der Waals surface area contributed by atoms with E-state index in [1.807, 2.05) is 137 Å². The van der Waals surface area contributed by atoms with E-state index in [1.165, 1.54) is 17.6 Å². The SMILES string of the molecule is COc1ccc(C(OCC2OC(n3cnc4c3N=C(NC(=O)CCCN(C)C(=O)OCC3c5ccccc5-c5ccccc53)NC4O)CC2OC(OCCC#N)OCC2OC(n3cnc4c(NC(=O)c5ccc(CCC(=O)OCCSC)cc5)ncnc43)CC2OP(OCCC#N)N(C(C)C)C(C)C)(c2ccccc2)c2ccc(OC)cc2)cc1. The number of hydrogen-bond donors (Lipinski definition) is 4. The third-order valence-electron chi connectivity index (χ3n) is 21.0. The second-order valence-corrected chi connectivity index (χ2v) is 31.9. The minimum atomic E-state index is -1.88. The van der Waals surface area contributed by atoms with Crippen molar-refractivity contribution < 1.29 is 80.7 Å². The molecule has 2 fully saturated rings. The number of fused-ring (bicyclic) bond motifs is 5. The molecule has 3 aromatic heterocycles. The number of esters is 1. The molecule has 4 N–H and O–H groups in total. The molecule has 33 heteroatoms. The molecule has 3 amide bonds. The largest absolute Gasteiger partial charge is 0.497 e. The number of anilines is 1. The number of hydrogen-bond acceptors (Lipinski definition) is 27. The van der Waals surface area contributed by atoms with Crippen LogP contribution in [0.3, 0.4) is 0 Å². The number of carbonyl (C=O) groups is 4. The number of aromatic nitrogens is 6. The van der Waals surface area contributed by atoms with E-state index in [-0.39, 0.29) is 137 Å². The summed E-state index contributed by atoms with van der Waals surface area (Å²) in [6.45, 7) is 6.78. The van der Waals surface area contributed by atoms with Crippen LogP contribution in [-0.2, 0) is 68.6 Å². The van der Waals surface area contributed by atoms with Gasteiger partial charge in [0, 0.05) is 68.6 Å². The average Bonchev–Trinajstić information content (AvgIpc) is 1.08. The van der Waals surface area contributed by atoms with Gasteiger partial charge in [0.1, 0.15) is 67.0 Å². The molecule has 0 bridgehead atoms. The number of carbonyl (C=O) groups excluding carboxylic acids is 4. The Morgan fingerprint density at radius 1 is 0.700 bits per heavy atom. The van der Waals surface area contributed by atoms with Crippen molar-refractivity contribution in [2.45, 2.75) is 152 Å². The van der Waals surface area contributed by atoms with E-state index < -0.39 is 81.6 Å². The molecule has 4 aliphatic rings. The van der Waals surface area contributed by atoms with Crippen LogP contribution in [0.2, 0.25) is 0 Å². The summed E-state index contributed by atoms with van der Waals surface area (Å²) in [5.41, 5.74) is 7.22. The summed E-state index contributed by atoms with van der Waals surface area (Å²) in [6, 6.07) is 52.2. The molecular weight excluding hydrogens is 1580 g/mol. The summed E-state index contributed by atoms with van der Waals surface area (Å²) in [6.07, 6.45) is -0.0376. The van der Waals surface area contributed by atoms with Gasteiger partial charge in [-0.15, -0.1) is 0 Å². The Labute approximate surface area is 701 Å². The number of guanidine groups is 1. The number of amides is 3. The van der Waals surface area contributed by atoms with Crippen molar-refractivity contribution in [1.29, 1.82) is 10.5 Å². The maximum Gasteiger partial charge on any atom is 0.409 e. The molecule has 0 spiro atoms. The Balaban J connectivity index is 0.768. The number of ether oxygens (including phenoxy) is 10. The van der Waals surface area contributed by atoms with Crippen molar-refractivity contribution in [3.8, 4) is 34.8 Å². The molecule has 9 atom stereocenters. The van der Waals surface area contributed by atoms with Gasteiger partial charge < -0.3 is 77.1 Å². The molecule has 630 valence electrons. The molecule has 9 aromatic rings. The Kier molecular flexibility index (Phi) is 30.1. The lowest BCUT2D eigenvalue weighted by Gasteiger charge is -2.37. The summed E-state index contributed by atoms with van der Waals surface area (Å²) in [4.78, 5) is 78.2. The molecule has 3 aliphatic heterocycles. The number of aryl methyl sites for hydroxylation is 1. The van der Waals surface area contributed by atoms with Crippen LogP contribution in [0.1, 0.15) is 147 Å². The number of imidazole rings is 2. The first-order chi connectivity index (χ1) is 58.4. The summed E-state index contributed by atoms with van der Waals surface area (Å²) in [7, 11) is 2.93. The Hall–Kier alpha value is -10.8. The lowest BCUT2D eigenvalue weighted by atomic mass is 9.80. The van der Waals surface area contributed by atoms with E-state index in [4.69, 9.17) is 66.4 Å². The van der Waals surface area contributed by atoms with Gasteiger partial charge in [-0.05, 0) is 128 Å². The van der Waals surface area contributed by atoms with Gasteiger partial charge in [-0.3, -0.25) is 28.8 Å². The predicted octanol–water partition coefficient (Wildman–Crippen LogP) is 13.1. The number of methoxy groups -OCH3 is 2. The minimum Gasteiger partial charge on any atom is -0.497 e. The van der Waals surface area contributed by atoms with E-state index in [9.17, 15) is 34.8 Å². The van der Waals surface area contributed by atoms with Gasteiger partial charge >= 0.3 is 12.1 Å². The number of benzene rings is 6. The fraction of sp³-hybridized carbons (Fsp3) is 0.414. The fourth-order valence-corrected chi connectivity index (χ4v) is 17.1. The van der Waals surface area contributed by atoms with E-state index in [0.29, 0.717) is 41.5 Å². The molecule has 31 nitrogen and oxygen atoms in total. The lowest BCUT2D eigenvalue weighted by molar-refractivity contribution is -0.316. The van der Waals surface area contributed by atoms with Crippen molar-refractivity contribution in [2.75, 3.05) is 84.8 Å². The number of nitrogens with zero attached hydrogens (tertiary/aromatic N) is 11. The predicted molar refractivity (Wildman–Crippen MR) is 446 cm³/mol. The maximum atomic E-state index is 13.9. The van der Waals surface area contributed by atoms with Crippen molar-refractivity contribution in [3.05, 3.63) is 215 Å². The summed E-state index contributed by atoms with van der Waals surface area (Å²) < 4.78 is 83.6.